The lowest BCUT2D eigenvalue weighted by atomic mass is 10.1. The number of aryl methyl sites for hydroxylation is 1. The van der Waals surface area contributed by atoms with Gasteiger partial charge in [0.05, 0.1) is 6.26 Å². The van der Waals surface area contributed by atoms with Gasteiger partial charge in [0.1, 0.15) is 6.54 Å². The molecule has 8 heteroatoms. The molecular weight excluding hydrogens is 308 g/mol. The monoisotopic (exact) mass is 322 g/mol. The summed E-state index contributed by atoms with van der Waals surface area (Å²) in [5.74, 6) is 1.79. The Morgan fingerprint density at radius 3 is 2.67 bits per heavy atom. The number of hydrogen-bond acceptors (Lipinski definition) is 7. The highest BCUT2D eigenvalue weighted by molar-refractivity contribution is 5.54. The van der Waals surface area contributed by atoms with Crippen LogP contribution in [0.25, 0.3) is 23.0 Å². The molecule has 0 N–H and O–H groups in total. The van der Waals surface area contributed by atoms with E-state index in [-0.39, 0.29) is 6.54 Å². The molecule has 0 saturated heterocycles. The van der Waals surface area contributed by atoms with Crippen molar-refractivity contribution in [1.29, 1.82) is 0 Å². The van der Waals surface area contributed by atoms with Crippen LogP contribution in [0.5, 0.6) is 0 Å². The van der Waals surface area contributed by atoms with Gasteiger partial charge in [0.2, 0.25) is 11.7 Å². The SMILES string of the molecule is CCc1ccc(-c2nnn(Cc3nnc(-c4ccco4)o3)n2)cc1. The van der Waals surface area contributed by atoms with E-state index in [0.717, 1.165) is 12.0 Å². The predicted octanol–water partition coefficient (Wildman–Crippen LogP) is 2.59. The Kier molecular flexibility index (Phi) is 3.62. The van der Waals surface area contributed by atoms with Crippen LogP contribution in [0.3, 0.4) is 0 Å². The lowest BCUT2D eigenvalue weighted by Crippen LogP contribution is -2.04. The summed E-state index contributed by atoms with van der Waals surface area (Å²) in [5, 5.41) is 20.3. The van der Waals surface area contributed by atoms with Crippen molar-refractivity contribution in [3.05, 3.63) is 54.1 Å². The largest absolute Gasteiger partial charge is 0.459 e. The zero-order valence-electron chi connectivity index (χ0n) is 13.0. The summed E-state index contributed by atoms with van der Waals surface area (Å²) in [6.45, 7) is 2.36. The zero-order valence-corrected chi connectivity index (χ0v) is 13.0. The van der Waals surface area contributed by atoms with E-state index in [0.29, 0.717) is 23.4 Å². The van der Waals surface area contributed by atoms with Crippen molar-refractivity contribution in [3.63, 3.8) is 0 Å². The Morgan fingerprint density at radius 2 is 1.92 bits per heavy atom. The standard InChI is InChI=1S/C16H14N6O2/c1-2-11-5-7-12(8-6-11)15-18-21-22(20-15)10-14-17-19-16(24-14)13-4-3-9-23-13/h3-9H,2,10H2,1H3. The van der Waals surface area contributed by atoms with Gasteiger partial charge < -0.3 is 8.83 Å². The van der Waals surface area contributed by atoms with Crippen LogP contribution in [0.4, 0.5) is 0 Å². The molecule has 0 spiro atoms. The van der Waals surface area contributed by atoms with Gasteiger partial charge in [-0.1, -0.05) is 31.2 Å². The molecule has 120 valence electrons. The van der Waals surface area contributed by atoms with E-state index in [9.17, 15) is 0 Å². The highest BCUT2D eigenvalue weighted by atomic mass is 16.4. The van der Waals surface area contributed by atoms with Gasteiger partial charge in [-0.2, -0.15) is 4.80 Å². The van der Waals surface area contributed by atoms with Crippen molar-refractivity contribution in [3.8, 4) is 23.0 Å². The topological polar surface area (TPSA) is 95.7 Å². The van der Waals surface area contributed by atoms with Crippen LogP contribution in [-0.2, 0) is 13.0 Å². The van der Waals surface area contributed by atoms with E-state index >= 15 is 0 Å². The molecule has 0 aliphatic heterocycles. The molecule has 1 aromatic carbocycles. The van der Waals surface area contributed by atoms with Crippen LogP contribution in [0.15, 0.2) is 51.5 Å². The molecular formula is C16H14N6O2. The Balaban J connectivity index is 1.50. The van der Waals surface area contributed by atoms with Crippen LogP contribution >= 0.6 is 0 Å². The molecule has 0 bridgehead atoms. The lowest BCUT2D eigenvalue weighted by Gasteiger charge is -1.97. The number of aromatic nitrogens is 6. The maximum absolute atomic E-state index is 5.53. The summed E-state index contributed by atoms with van der Waals surface area (Å²) in [6, 6.07) is 11.6. The summed E-state index contributed by atoms with van der Waals surface area (Å²) in [6.07, 6.45) is 2.55. The van der Waals surface area contributed by atoms with Crippen LogP contribution in [0, 0.1) is 0 Å². The van der Waals surface area contributed by atoms with Crippen LogP contribution in [0.1, 0.15) is 18.4 Å². The van der Waals surface area contributed by atoms with Gasteiger partial charge in [-0.05, 0) is 29.3 Å². The summed E-state index contributed by atoms with van der Waals surface area (Å²) < 4.78 is 10.7. The van der Waals surface area contributed by atoms with Crippen molar-refractivity contribution >= 4 is 0 Å². The summed E-state index contributed by atoms with van der Waals surface area (Å²) in [7, 11) is 0. The molecule has 0 radical (unpaired) electrons. The van der Waals surface area contributed by atoms with Gasteiger partial charge in [-0.25, -0.2) is 0 Å². The van der Waals surface area contributed by atoms with E-state index in [1.165, 1.54) is 10.4 Å². The van der Waals surface area contributed by atoms with Crippen LogP contribution in [0.2, 0.25) is 0 Å². The molecule has 4 rings (SSSR count). The second kappa shape index (κ2) is 6.07. The lowest BCUT2D eigenvalue weighted by molar-refractivity contribution is 0.436. The van der Waals surface area contributed by atoms with Gasteiger partial charge >= 0.3 is 0 Å². The van der Waals surface area contributed by atoms with Gasteiger partial charge in [-0.3, -0.25) is 0 Å². The van der Waals surface area contributed by atoms with Crippen molar-refractivity contribution in [2.75, 3.05) is 0 Å². The first-order chi connectivity index (χ1) is 11.8. The molecule has 4 aromatic rings. The summed E-state index contributed by atoms with van der Waals surface area (Å²) in [5.41, 5.74) is 2.18. The number of furan rings is 1. The summed E-state index contributed by atoms with van der Waals surface area (Å²) in [4.78, 5) is 1.42. The van der Waals surface area contributed by atoms with E-state index in [1.54, 1.807) is 18.4 Å². The Labute approximate surface area is 137 Å². The van der Waals surface area contributed by atoms with Gasteiger partial charge in [0.25, 0.3) is 5.89 Å². The van der Waals surface area contributed by atoms with E-state index in [2.05, 4.69) is 44.7 Å². The van der Waals surface area contributed by atoms with Crippen molar-refractivity contribution in [1.82, 2.24) is 30.4 Å². The number of hydrogen-bond donors (Lipinski definition) is 0. The third-order valence-corrected chi connectivity index (χ3v) is 3.55. The molecule has 0 aliphatic rings. The molecule has 0 fully saturated rings. The highest BCUT2D eigenvalue weighted by Crippen LogP contribution is 2.18. The predicted molar refractivity (Wildman–Crippen MR) is 83.7 cm³/mol. The van der Waals surface area contributed by atoms with Gasteiger partial charge in [0, 0.05) is 5.56 Å². The van der Waals surface area contributed by atoms with Crippen LogP contribution < -0.4 is 0 Å². The average molecular weight is 322 g/mol. The highest BCUT2D eigenvalue weighted by Gasteiger charge is 2.13. The minimum atomic E-state index is 0.244. The first kappa shape index (κ1) is 14.3. The van der Waals surface area contributed by atoms with Crippen molar-refractivity contribution in [2.24, 2.45) is 0 Å². The van der Waals surface area contributed by atoms with E-state index in [4.69, 9.17) is 8.83 Å². The van der Waals surface area contributed by atoms with E-state index < -0.39 is 0 Å². The fraction of sp³-hybridized carbons (Fsp3) is 0.188. The first-order valence-electron chi connectivity index (χ1n) is 7.55. The molecule has 0 unspecified atom stereocenters. The second-order valence-electron chi connectivity index (χ2n) is 5.17. The smallest absolute Gasteiger partial charge is 0.283 e. The molecule has 0 atom stereocenters. The molecule has 0 amide bonds. The Bertz CT molecular complexity index is 924. The summed E-state index contributed by atoms with van der Waals surface area (Å²) >= 11 is 0. The third-order valence-electron chi connectivity index (χ3n) is 3.55. The number of benzene rings is 1. The number of nitrogens with zero attached hydrogens (tertiary/aromatic N) is 6. The van der Waals surface area contributed by atoms with Crippen molar-refractivity contribution in [2.45, 2.75) is 19.9 Å². The van der Waals surface area contributed by atoms with Crippen LogP contribution in [-0.4, -0.2) is 30.4 Å². The molecule has 0 aliphatic carbocycles. The number of tetrazole rings is 1. The fourth-order valence-electron chi connectivity index (χ4n) is 2.25. The first-order valence-corrected chi connectivity index (χ1v) is 7.55. The number of rotatable bonds is 5. The maximum Gasteiger partial charge on any atom is 0.283 e. The minimum Gasteiger partial charge on any atom is -0.459 e. The fourth-order valence-corrected chi connectivity index (χ4v) is 2.25. The zero-order chi connectivity index (χ0) is 16.4. The van der Waals surface area contributed by atoms with E-state index in [1.807, 2.05) is 12.1 Å². The maximum atomic E-state index is 5.53. The second-order valence-corrected chi connectivity index (χ2v) is 5.17. The quantitative estimate of drug-likeness (QED) is 0.557. The van der Waals surface area contributed by atoms with Gasteiger partial charge in [-0.15, -0.1) is 20.4 Å². The minimum absolute atomic E-state index is 0.244. The molecule has 24 heavy (non-hydrogen) atoms. The normalized spacial score (nSPS) is 11.0. The Morgan fingerprint density at radius 1 is 1.04 bits per heavy atom. The molecule has 0 saturated carbocycles. The molecule has 3 aromatic heterocycles. The molecule has 8 nitrogen and oxygen atoms in total. The third kappa shape index (κ3) is 2.81. The Hall–Kier alpha value is -3.29. The molecule has 3 heterocycles. The average Bonchev–Trinajstić information content (AvgIpc) is 3.37. The van der Waals surface area contributed by atoms with Gasteiger partial charge in [0.15, 0.2) is 5.76 Å². The van der Waals surface area contributed by atoms with Crippen molar-refractivity contribution < 1.29 is 8.83 Å².